The van der Waals surface area contributed by atoms with E-state index in [2.05, 4.69) is 26.2 Å². The van der Waals surface area contributed by atoms with Gasteiger partial charge in [0.1, 0.15) is 11.8 Å². The first kappa shape index (κ1) is 11.8. The molecule has 0 saturated carbocycles. The Labute approximate surface area is 113 Å². The van der Waals surface area contributed by atoms with E-state index in [9.17, 15) is 5.11 Å². The molecule has 0 saturated heterocycles. The van der Waals surface area contributed by atoms with Crippen molar-refractivity contribution in [3.05, 3.63) is 45.2 Å². The third-order valence-electron chi connectivity index (χ3n) is 3.15. The number of fused-ring (bicyclic) bond motifs is 1. The van der Waals surface area contributed by atoms with Gasteiger partial charge in [-0.25, -0.2) is 4.68 Å². The molecule has 0 amide bonds. The molecule has 0 radical (unpaired) electrons. The monoisotopic (exact) mass is 309 g/mol. The molecule has 1 aliphatic heterocycles. The summed E-state index contributed by atoms with van der Waals surface area (Å²) in [6.07, 6.45) is -0.745. The Morgan fingerprint density at radius 2 is 2.17 bits per heavy atom. The minimum absolute atomic E-state index is 0.564. The van der Waals surface area contributed by atoms with Gasteiger partial charge in [-0.3, -0.25) is 0 Å². The smallest absolute Gasteiger partial charge is 0.154 e. The van der Waals surface area contributed by atoms with E-state index in [0.29, 0.717) is 23.5 Å². The van der Waals surface area contributed by atoms with Crippen LogP contribution in [0.5, 0.6) is 0 Å². The molecule has 0 fully saturated rings. The third kappa shape index (κ3) is 1.86. The van der Waals surface area contributed by atoms with Gasteiger partial charge in [-0.2, -0.15) is 0 Å². The third-order valence-corrected chi connectivity index (χ3v) is 3.71. The van der Waals surface area contributed by atoms with E-state index in [1.807, 2.05) is 18.2 Å². The van der Waals surface area contributed by atoms with Crippen LogP contribution in [0, 0.1) is 0 Å². The van der Waals surface area contributed by atoms with Crippen LogP contribution in [0.4, 0.5) is 0 Å². The average Bonchev–Trinajstić information content (AvgIpc) is 2.94. The van der Waals surface area contributed by atoms with Crippen molar-refractivity contribution in [1.82, 2.24) is 15.0 Å². The summed E-state index contributed by atoms with van der Waals surface area (Å²) in [4.78, 5) is 0. The molecule has 0 spiro atoms. The molecule has 0 bridgehead atoms. The Bertz CT molecular complexity index is 578. The number of halogens is 1. The molecule has 94 valence electrons. The number of nitrogens with zero attached hydrogens (tertiary/aromatic N) is 3. The second-order valence-electron chi connectivity index (χ2n) is 4.31. The van der Waals surface area contributed by atoms with Gasteiger partial charge in [-0.05, 0) is 32.6 Å². The molecule has 6 heteroatoms. The summed E-state index contributed by atoms with van der Waals surface area (Å²) >= 11 is 3.30. The van der Waals surface area contributed by atoms with E-state index in [-0.39, 0.29) is 0 Å². The maximum atomic E-state index is 10.4. The highest BCUT2D eigenvalue weighted by atomic mass is 79.9. The molecule has 18 heavy (non-hydrogen) atoms. The van der Waals surface area contributed by atoms with Gasteiger partial charge >= 0.3 is 0 Å². The fourth-order valence-electron chi connectivity index (χ4n) is 2.15. The van der Waals surface area contributed by atoms with Crippen LogP contribution < -0.4 is 0 Å². The maximum absolute atomic E-state index is 10.4. The minimum atomic E-state index is -0.745. The molecular weight excluding hydrogens is 298 g/mol. The van der Waals surface area contributed by atoms with E-state index >= 15 is 0 Å². The van der Waals surface area contributed by atoms with Gasteiger partial charge in [0.25, 0.3) is 0 Å². The number of ether oxygens (including phenoxy) is 1. The maximum Gasteiger partial charge on any atom is 0.154 e. The molecule has 1 unspecified atom stereocenters. The van der Waals surface area contributed by atoms with Crippen LogP contribution in [0.1, 0.15) is 28.5 Å². The van der Waals surface area contributed by atoms with Crippen LogP contribution in [0.15, 0.2) is 22.8 Å². The second-order valence-corrected chi connectivity index (χ2v) is 5.06. The van der Waals surface area contributed by atoms with Crippen molar-refractivity contribution in [3.8, 4) is 0 Å². The average molecular weight is 310 g/mol. The fourth-order valence-corrected chi connectivity index (χ4v) is 2.69. The Morgan fingerprint density at radius 1 is 1.39 bits per heavy atom. The lowest BCUT2D eigenvalue weighted by Crippen LogP contribution is -2.07. The van der Waals surface area contributed by atoms with Crippen molar-refractivity contribution in [2.24, 2.45) is 7.05 Å². The summed E-state index contributed by atoms with van der Waals surface area (Å²) in [5.74, 6) is 0. The van der Waals surface area contributed by atoms with Crippen LogP contribution in [0.25, 0.3) is 0 Å². The predicted octanol–water partition coefficient (Wildman–Crippen LogP) is 1.69. The lowest BCUT2D eigenvalue weighted by molar-refractivity contribution is 0.134. The Morgan fingerprint density at radius 3 is 2.89 bits per heavy atom. The lowest BCUT2D eigenvalue weighted by Gasteiger charge is -2.12. The van der Waals surface area contributed by atoms with Crippen molar-refractivity contribution < 1.29 is 9.84 Å². The SMILES string of the molecule is Cn1nnc(Br)c1C(O)c1ccc2c(c1)COC2. The predicted molar refractivity (Wildman–Crippen MR) is 67.7 cm³/mol. The van der Waals surface area contributed by atoms with Crippen LogP contribution in [-0.4, -0.2) is 20.1 Å². The highest BCUT2D eigenvalue weighted by molar-refractivity contribution is 9.10. The molecule has 1 aromatic heterocycles. The van der Waals surface area contributed by atoms with Gasteiger partial charge in [-0.15, -0.1) is 5.10 Å². The summed E-state index contributed by atoms with van der Waals surface area (Å²) < 4.78 is 7.50. The van der Waals surface area contributed by atoms with Crippen molar-refractivity contribution in [1.29, 1.82) is 0 Å². The second kappa shape index (κ2) is 4.46. The van der Waals surface area contributed by atoms with E-state index in [1.165, 1.54) is 5.56 Å². The first-order valence-corrected chi connectivity index (χ1v) is 6.38. The molecule has 0 aliphatic carbocycles. The zero-order valence-corrected chi connectivity index (χ0v) is 11.4. The highest BCUT2D eigenvalue weighted by Gasteiger charge is 2.21. The first-order valence-electron chi connectivity index (χ1n) is 5.59. The van der Waals surface area contributed by atoms with Gasteiger partial charge < -0.3 is 9.84 Å². The molecule has 5 nitrogen and oxygen atoms in total. The zero-order chi connectivity index (χ0) is 12.7. The van der Waals surface area contributed by atoms with Crippen LogP contribution in [0.3, 0.4) is 0 Å². The van der Waals surface area contributed by atoms with Gasteiger partial charge in [0.2, 0.25) is 0 Å². The van der Waals surface area contributed by atoms with Crippen LogP contribution in [-0.2, 0) is 25.0 Å². The van der Waals surface area contributed by atoms with E-state index in [1.54, 1.807) is 11.7 Å². The summed E-state index contributed by atoms with van der Waals surface area (Å²) in [5, 5.41) is 18.2. The topological polar surface area (TPSA) is 60.2 Å². The van der Waals surface area contributed by atoms with Gasteiger partial charge in [0.05, 0.1) is 13.2 Å². The molecule has 1 N–H and O–H groups in total. The number of hydrogen-bond donors (Lipinski definition) is 1. The number of hydrogen-bond acceptors (Lipinski definition) is 4. The number of aromatic nitrogens is 3. The fraction of sp³-hybridized carbons (Fsp3) is 0.333. The summed E-state index contributed by atoms with van der Waals surface area (Å²) in [6, 6.07) is 5.89. The Kier molecular flexibility index (Phi) is 2.93. The van der Waals surface area contributed by atoms with Crippen molar-refractivity contribution in [3.63, 3.8) is 0 Å². The standard InChI is InChI=1S/C12H12BrN3O2/c1-16-10(12(13)14-15-16)11(17)7-2-3-8-5-18-6-9(8)4-7/h2-4,11,17H,5-6H2,1H3. The summed E-state index contributed by atoms with van der Waals surface area (Å²) in [5.41, 5.74) is 3.80. The largest absolute Gasteiger partial charge is 0.382 e. The minimum Gasteiger partial charge on any atom is -0.382 e. The zero-order valence-electron chi connectivity index (χ0n) is 9.80. The van der Waals surface area contributed by atoms with Crippen LogP contribution >= 0.6 is 15.9 Å². The Hall–Kier alpha value is -1.24. The van der Waals surface area contributed by atoms with Gasteiger partial charge in [0, 0.05) is 7.05 Å². The van der Waals surface area contributed by atoms with Crippen LogP contribution in [0.2, 0.25) is 0 Å². The highest BCUT2D eigenvalue weighted by Crippen LogP contribution is 2.29. The molecular formula is C12H12BrN3O2. The summed E-state index contributed by atoms with van der Waals surface area (Å²) in [7, 11) is 1.76. The Balaban J connectivity index is 2.00. The first-order chi connectivity index (χ1) is 8.66. The quantitative estimate of drug-likeness (QED) is 0.917. The molecule has 1 aliphatic rings. The molecule has 3 rings (SSSR count). The number of benzene rings is 1. The van der Waals surface area contributed by atoms with Crippen molar-refractivity contribution in [2.75, 3.05) is 0 Å². The van der Waals surface area contributed by atoms with Crippen molar-refractivity contribution >= 4 is 15.9 Å². The van der Waals surface area contributed by atoms with Gasteiger partial charge in [0.15, 0.2) is 4.60 Å². The lowest BCUT2D eigenvalue weighted by atomic mass is 10.0. The molecule has 1 aromatic carbocycles. The van der Waals surface area contributed by atoms with Crippen molar-refractivity contribution in [2.45, 2.75) is 19.3 Å². The molecule has 1 atom stereocenters. The number of aliphatic hydroxyl groups is 1. The van der Waals surface area contributed by atoms with E-state index in [4.69, 9.17) is 4.74 Å². The summed E-state index contributed by atoms with van der Waals surface area (Å²) in [6.45, 7) is 1.27. The number of aryl methyl sites for hydroxylation is 1. The molecule has 2 heterocycles. The number of aliphatic hydroxyl groups excluding tert-OH is 1. The number of rotatable bonds is 2. The van der Waals surface area contributed by atoms with Gasteiger partial charge in [-0.1, -0.05) is 23.4 Å². The van der Waals surface area contributed by atoms with E-state index < -0.39 is 6.10 Å². The normalized spacial score (nSPS) is 15.7. The van der Waals surface area contributed by atoms with E-state index in [0.717, 1.165) is 11.1 Å². The molecule has 2 aromatic rings.